The molecule has 11 rings (SSSR count). The van der Waals surface area contributed by atoms with Crippen LogP contribution in [0.4, 0.5) is 0 Å². The Labute approximate surface area is 442 Å². The fourth-order valence-electron chi connectivity index (χ4n) is 8.55. The summed E-state index contributed by atoms with van der Waals surface area (Å²) in [7, 11) is 0. The maximum absolute atomic E-state index is 5.07. The molecule has 0 spiro atoms. The third kappa shape index (κ3) is 49.2. The lowest BCUT2D eigenvalue weighted by Crippen LogP contribution is -2.30. The number of ether oxygens (including phenoxy) is 3. The van der Waals surface area contributed by atoms with Crippen molar-refractivity contribution in [2.75, 3.05) is 88.8 Å². The average molecular weight is 1030 g/mol. The molecule has 0 aromatic rings. The number of thioether (sulfide) groups is 4. The molecule has 1 saturated carbocycles. The summed E-state index contributed by atoms with van der Waals surface area (Å²) in [5, 5.41) is 10.8. The highest BCUT2D eigenvalue weighted by Gasteiger charge is 2.49. The first-order valence-electron chi connectivity index (χ1n) is 30.0. The zero-order valence-corrected chi connectivity index (χ0v) is 52.0. The van der Waals surface area contributed by atoms with Gasteiger partial charge < -0.3 is 24.8 Å². The Balaban J connectivity index is -0.000000211. The van der Waals surface area contributed by atoms with Crippen LogP contribution < -0.4 is 10.6 Å². The van der Waals surface area contributed by atoms with Crippen molar-refractivity contribution < 1.29 is 14.2 Å². The van der Waals surface area contributed by atoms with Gasteiger partial charge in [-0.1, -0.05) is 130 Å². The molecule has 0 aromatic heterocycles. The Hall–Kier alpha value is 1.20. The van der Waals surface area contributed by atoms with Crippen molar-refractivity contribution in [2.45, 2.75) is 273 Å². The molecule has 0 radical (unpaired) electrons. The van der Waals surface area contributed by atoms with E-state index in [1.54, 1.807) is 32.1 Å². The van der Waals surface area contributed by atoms with Crippen molar-refractivity contribution in [1.82, 2.24) is 10.6 Å². The van der Waals surface area contributed by atoms with Crippen molar-refractivity contribution in [1.29, 1.82) is 0 Å². The van der Waals surface area contributed by atoms with E-state index in [-0.39, 0.29) is 0 Å². The Morgan fingerprint density at radius 1 is 0.284 bits per heavy atom. The van der Waals surface area contributed by atoms with Crippen LogP contribution in [0.25, 0.3) is 0 Å². The third-order valence-electron chi connectivity index (χ3n) is 11.5. The molecule has 11 fully saturated rings. The molecule has 5 nitrogen and oxygen atoms in total. The molecule has 2 N–H and O–H groups in total. The van der Waals surface area contributed by atoms with Crippen LogP contribution in [0.1, 0.15) is 252 Å². The van der Waals surface area contributed by atoms with E-state index in [0.29, 0.717) is 0 Å². The molecule has 11 aliphatic rings. The first-order chi connectivity index (χ1) is 33.4. The van der Waals surface area contributed by atoms with Gasteiger partial charge in [0.15, 0.2) is 0 Å². The summed E-state index contributed by atoms with van der Waals surface area (Å²) >= 11 is 8.72. The van der Waals surface area contributed by atoms with Crippen LogP contribution in [0, 0.1) is 11.8 Å². The summed E-state index contributed by atoms with van der Waals surface area (Å²) in [6.45, 7) is 42.3. The van der Waals surface area contributed by atoms with Gasteiger partial charge in [0.1, 0.15) is 0 Å². The summed E-state index contributed by atoms with van der Waals surface area (Å²) < 4.78 is 15.0. The minimum atomic E-state index is 0.889. The highest BCUT2D eigenvalue weighted by atomic mass is 32.2. The topological polar surface area (TPSA) is 51.8 Å². The van der Waals surface area contributed by atoms with Crippen LogP contribution in [0.5, 0.6) is 0 Å². The lowest BCUT2D eigenvalue weighted by atomic mass is 9.82. The van der Waals surface area contributed by atoms with Gasteiger partial charge in [0.05, 0.1) is 13.2 Å². The number of rotatable bonds is 0. The highest BCUT2D eigenvalue weighted by Crippen LogP contribution is 2.58. The average Bonchev–Trinajstić information content (AvgIpc) is 4.34. The van der Waals surface area contributed by atoms with Crippen LogP contribution in [0.3, 0.4) is 0 Å². The molecule has 4 bridgehead atoms. The minimum Gasteiger partial charge on any atom is -0.381 e. The Bertz CT molecular complexity index is 628. The SMILES string of the molecule is C1CC2C3CCC(S3)C2C1.C1CC2CCC1S2.C1CCNCC1.C1CCOC1.C1CCOCC1.C1CCSC1.C1CCSCC1.C1COCCN1.CC.CC.CC.CC.CC.CC.CC.CC. The molecular formula is C58H128N2O3S4. The van der Waals surface area contributed by atoms with Crippen molar-refractivity contribution in [2.24, 2.45) is 11.8 Å². The minimum absolute atomic E-state index is 0.889. The van der Waals surface area contributed by atoms with Crippen LogP contribution in [0.2, 0.25) is 0 Å². The van der Waals surface area contributed by atoms with Gasteiger partial charge in [-0.2, -0.15) is 47.0 Å². The van der Waals surface area contributed by atoms with Gasteiger partial charge in [0.2, 0.25) is 0 Å². The largest absolute Gasteiger partial charge is 0.381 e. The summed E-state index contributed by atoms with van der Waals surface area (Å²) in [5.74, 6) is 8.01. The van der Waals surface area contributed by atoms with Crippen LogP contribution in [-0.4, -0.2) is 110 Å². The number of nitrogens with one attached hydrogen (secondary N) is 2. The van der Waals surface area contributed by atoms with Crippen LogP contribution in [0.15, 0.2) is 0 Å². The maximum Gasteiger partial charge on any atom is 0.0591 e. The third-order valence-corrected chi connectivity index (χ3v) is 17.4. The molecule has 0 amide bonds. The van der Waals surface area contributed by atoms with E-state index >= 15 is 0 Å². The summed E-state index contributed by atoms with van der Waals surface area (Å²) in [5.41, 5.74) is 0. The molecule has 10 saturated heterocycles. The lowest BCUT2D eigenvalue weighted by Gasteiger charge is -2.21. The van der Waals surface area contributed by atoms with Crippen LogP contribution in [-0.2, 0) is 14.2 Å². The number of morpholine rings is 1. The fraction of sp³-hybridized carbons (Fsp3) is 1.00. The standard InChI is InChI=1S/C9H14S.C6H10S.C5H11N.C5H10O.C5H10S.C4H9NO.C4H8O.C4H8S.8C2H6/c1-2-6-7(3-1)9-5-4-8(6)10-9;1-2-6-4-3-5(1)7-6;3*1-2-4-6-5-3-1;1-3-6-4-2-5-1;2*1-2-4-5-3-1;8*1-2/h6-9H,1-5H2;5-6H,1-4H2;6H,1-5H2;2*1-5H2;5H,1-4H2;2*1-4H2;8*1-2H3. The fourth-order valence-corrected chi connectivity index (χ4v) is 14.3. The van der Waals surface area contributed by atoms with Gasteiger partial charge in [0.25, 0.3) is 0 Å². The van der Waals surface area contributed by atoms with Gasteiger partial charge >= 0.3 is 0 Å². The van der Waals surface area contributed by atoms with Gasteiger partial charge in [-0.05, 0) is 170 Å². The van der Waals surface area contributed by atoms with E-state index in [0.717, 1.165) is 73.7 Å². The molecule has 10 aliphatic heterocycles. The van der Waals surface area contributed by atoms with Gasteiger partial charge in [-0.15, -0.1) is 0 Å². The Morgan fingerprint density at radius 3 is 0.791 bits per heavy atom. The number of hydrogen-bond acceptors (Lipinski definition) is 9. The monoisotopic (exact) mass is 1030 g/mol. The maximum atomic E-state index is 5.07. The van der Waals surface area contributed by atoms with Crippen LogP contribution >= 0.6 is 47.0 Å². The van der Waals surface area contributed by atoms with Crippen molar-refractivity contribution in [3.63, 3.8) is 0 Å². The zero-order chi connectivity index (χ0) is 51.3. The van der Waals surface area contributed by atoms with E-state index in [1.807, 2.05) is 111 Å². The van der Waals surface area contributed by atoms with E-state index < -0.39 is 0 Å². The summed E-state index contributed by atoms with van der Waals surface area (Å²) in [4.78, 5) is 0. The molecule has 0 aromatic carbocycles. The molecule has 10 heterocycles. The van der Waals surface area contributed by atoms with E-state index in [1.165, 1.54) is 157 Å². The Kier molecular flexibility index (Phi) is 82.2. The molecular weight excluding hydrogens is 901 g/mol. The first kappa shape index (κ1) is 77.1. The zero-order valence-electron chi connectivity index (χ0n) is 48.8. The number of hydrogen-bond donors (Lipinski definition) is 2. The second kappa shape index (κ2) is 71.5. The quantitative estimate of drug-likeness (QED) is 0.247. The van der Waals surface area contributed by atoms with E-state index in [2.05, 4.69) is 57.7 Å². The molecule has 9 heteroatoms. The predicted octanol–water partition coefficient (Wildman–Crippen LogP) is 18.7. The van der Waals surface area contributed by atoms with Gasteiger partial charge in [-0.25, -0.2) is 0 Å². The van der Waals surface area contributed by atoms with E-state index in [4.69, 9.17) is 14.2 Å². The molecule has 67 heavy (non-hydrogen) atoms. The molecule has 4 unspecified atom stereocenters. The molecule has 4 atom stereocenters. The number of fused-ring (bicyclic) bond motifs is 7. The van der Waals surface area contributed by atoms with E-state index in [9.17, 15) is 0 Å². The highest BCUT2D eigenvalue weighted by molar-refractivity contribution is 8.01. The molecule has 1 aliphatic carbocycles. The predicted molar refractivity (Wildman–Crippen MR) is 323 cm³/mol. The lowest BCUT2D eigenvalue weighted by molar-refractivity contribution is 0.0968. The van der Waals surface area contributed by atoms with Crippen molar-refractivity contribution in [3.8, 4) is 0 Å². The summed E-state index contributed by atoms with van der Waals surface area (Å²) in [6, 6.07) is 0. The second-order valence-corrected chi connectivity index (χ2v) is 21.3. The first-order valence-corrected chi connectivity index (χ1v) is 34.2. The number of piperidine rings is 1. The van der Waals surface area contributed by atoms with Gasteiger partial charge in [-0.3, -0.25) is 0 Å². The second-order valence-electron chi connectivity index (χ2n) is 15.7. The molecule has 412 valence electrons. The van der Waals surface area contributed by atoms with Crippen molar-refractivity contribution in [3.05, 3.63) is 0 Å². The van der Waals surface area contributed by atoms with Gasteiger partial charge in [0, 0.05) is 60.5 Å². The summed E-state index contributed by atoms with van der Waals surface area (Å²) in [6.07, 6.45) is 31.9. The smallest absolute Gasteiger partial charge is 0.0591 e. The normalized spacial score (nSPS) is 26.5. The van der Waals surface area contributed by atoms with Crippen molar-refractivity contribution >= 4 is 47.0 Å². The Morgan fingerprint density at radius 2 is 0.597 bits per heavy atom.